The van der Waals surface area contributed by atoms with Crippen LogP contribution in [0.15, 0.2) is 48.8 Å². The van der Waals surface area contributed by atoms with E-state index in [9.17, 15) is 4.79 Å². The van der Waals surface area contributed by atoms with E-state index in [1.165, 1.54) is 5.56 Å². The Labute approximate surface area is 145 Å². The third-order valence-electron chi connectivity index (χ3n) is 4.37. The Balaban J connectivity index is 1.96. The maximum absolute atomic E-state index is 13.1. The number of alkyl halides is 1. The molecule has 0 amide bonds. The number of rotatable bonds is 4. The largest absolute Gasteiger partial charge is 0.292 e. The molecule has 2 heterocycles. The highest BCUT2D eigenvalue weighted by molar-refractivity contribution is 9.09. The number of carbonyl (C=O) groups excluding carboxylic acids is 1. The highest BCUT2D eigenvalue weighted by Gasteiger charge is 2.37. The first-order chi connectivity index (χ1) is 11.1. The number of fused-ring (bicyclic) bond motifs is 1. The van der Waals surface area contributed by atoms with Crippen molar-refractivity contribution in [1.29, 1.82) is 0 Å². The molecule has 23 heavy (non-hydrogen) atoms. The van der Waals surface area contributed by atoms with Gasteiger partial charge in [-0.05, 0) is 29.5 Å². The molecule has 0 saturated heterocycles. The quantitative estimate of drug-likeness (QED) is 0.599. The van der Waals surface area contributed by atoms with Gasteiger partial charge in [0.15, 0.2) is 5.78 Å². The lowest BCUT2D eigenvalue weighted by Crippen LogP contribution is -2.50. The normalized spacial score (nSPS) is 19.7. The van der Waals surface area contributed by atoms with Gasteiger partial charge >= 0.3 is 0 Å². The predicted molar refractivity (Wildman–Crippen MR) is 95.6 cm³/mol. The molecule has 0 spiro atoms. The summed E-state index contributed by atoms with van der Waals surface area (Å²) in [5, 5.41) is 0. The van der Waals surface area contributed by atoms with Gasteiger partial charge in [-0.25, -0.2) is 0 Å². The molecule has 0 aliphatic carbocycles. The van der Waals surface area contributed by atoms with Gasteiger partial charge < -0.3 is 0 Å². The van der Waals surface area contributed by atoms with Crippen LogP contribution in [-0.4, -0.2) is 26.7 Å². The maximum Gasteiger partial charge on any atom is 0.182 e. The molecule has 1 aliphatic rings. The van der Waals surface area contributed by atoms with Crippen LogP contribution in [0.3, 0.4) is 0 Å². The highest BCUT2D eigenvalue weighted by Crippen LogP contribution is 2.31. The summed E-state index contributed by atoms with van der Waals surface area (Å²) in [7, 11) is 0. The molecule has 2 unspecified atom stereocenters. The number of halogens is 1. The lowest BCUT2D eigenvalue weighted by atomic mass is 9.89. The fourth-order valence-corrected chi connectivity index (χ4v) is 3.54. The second kappa shape index (κ2) is 6.93. The molecule has 1 aromatic heterocycles. The molecule has 1 aliphatic heterocycles. The van der Waals surface area contributed by atoms with Crippen molar-refractivity contribution in [2.75, 3.05) is 0 Å². The molecule has 2 aromatic rings. The molecule has 3 nitrogen and oxygen atoms in total. The Morgan fingerprint density at radius 2 is 2.00 bits per heavy atom. The van der Waals surface area contributed by atoms with Crippen LogP contribution in [0.1, 0.15) is 35.3 Å². The highest BCUT2D eigenvalue weighted by atomic mass is 79.9. The monoisotopic (exact) mass is 372 g/mol. The zero-order valence-corrected chi connectivity index (χ0v) is 15.0. The molecule has 0 N–H and O–H groups in total. The minimum atomic E-state index is -0.152. The summed E-state index contributed by atoms with van der Waals surface area (Å²) in [4.78, 5) is 19.6. The number of Topliss-reactive ketones (excluding diaryl/α,β-unsaturated/α-hetero) is 1. The summed E-state index contributed by atoms with van der Waals surface area (Å²) in [5.41, 5.74) is 3.03. The number of aromatic nitrogens is 1. The summed E-state index contributed by atoms with van der Waals surface area (Å²) in [6.45, 7) is 5.12. The van der Waals surface area contributed by atoms with Gasteiger partial charge in [-0.15, -0.1) is 0 Å². The Bertz CT molecular complexity index is 687. The van der Waals surface area contributed by atoms with Crippen molar-refractivity contribution in [3.63, 3.8) is 0 Å². The molecule has 0 radical (unpaired) electrons. The van der Waals surface area contributed by atoms with Gasteiger partial charge in [-0.1, -0.05) is 60.1 Å². The van der Waals surface area contributed by atoms with E-state index < -0.39 is 0 Å². The first-order valence-corrected chi connectivity index (χ1v) is 8.90. The number of carbonyl (C=O) groups is 1. The molecule has 0 saturated carbocycles. The van der Waals surface area contributed by atoms with E-state index in [-0.39, 0.29) is 16.8 Å². The third-order valence-corrected chi connectivity index (χ3v) is 5.95. The Hall–Kier alpha value is -1.52. The van der Waals surface area contributed by atoms with Gasteiger partial charge in [-0.2, -0.15) is 0 Å². The summed E-state index contributed by atoms with van der Waals surface area (Å²) in [6.07, 6.45) is 4.20. The van der Waals surface area contributed by atoms with Crippen LogP contribution in [0.5, 0.6) is 0 Å². The molecule has 3 rings (SSSR count). The van der Waals surface area contributed by atoms with Crippen LogP contribution in [0.25, 0.3) is 0 Å². The van der Waals surface area contributed by atoms with Crippen LogP contribution in [0.4, 0.5) is 0 Å². The zero-order chi connectivity index (χ0) is 16.4. The van der Waals surface area contributed by atoms with Gasteiger partial charge in [-0.3, -0.25) is 14.7 Å². The second-order valence-electron chi connectivity index (χ2n) is 6.39. The standard InChI is InChI=1S/C19H21BrN2O/c1-13(2)19(20)22-12-15-8-9-21-11-16(15)18(23)17(22)10-14-6-4-3-5-7-14/h3-9,11,13,17,19H,10,12H2,1-2H3. The van der Waals surface area contributed by atoms with Crippen LogP contribution in [0, 0.1) is 5.92 Å². The van der Waals surface area contributed by atoms with Gasteiger partial charge in [0.25, 0.3) is 0 Å². The van der Waals surface area contributed by atoms with Crippen LogP contribution < -0.4 is 0 Å². The van der Waals surface area contributed by atoms with Crippen molar-refractivity contribution < 1.29 is 4.79 Å². The first kappa shape index (κ1) is 16.3. The molecule has 2 atom stereocenters. The van der Waals surface area contributed by atoms with E-state index >= 15 is 0 Å². The molecule has 120 valence electrons. The van der Waals surface area contributed by atoms with Crippen molar-refractivity contribution in [3.8, 4) is 0 Å². The van der Waals surface area contributed by atoms with Gasteiger partial charge in [0, 0.05) is 24.5 Å². The van der Waals surface area contributed by atoms with Gasteiger partial charge in [0.1, 0.15) is 0 Å². The number of hydrogen-bond acceptors (Lipinski definition) is 3. The zero-order valence-electron chi connectivity index (χ0n) is 13.4. The average Bonchev–Trinajstić information content (AvgIpc) is 2.57. The molecule has 0 bridgehead atoms. The van der Waals surface area contributed by atoms with E-state index in [4.69, 9.17) is 0 Å². The minimum Gasteiger partial charge on any atom is -0.292 e. The molecule has 0 fully saturated rings. The van der Waals surface area contributed by atoms with Gasteiger partial charge in [0.05, 0.1) is 11.0 Å². The van der Waals surface area contributed by atoms with Crippen LogP contribution >= 0.6 is 15.9 Å². The molecule has 4 heteroatoms. The van der Waals surface area contributed by atoms with E-state index in [0.29, 0.717) is 5.92 Å². The van der Waals surface area contributed by atoms with Crippen LogP contribution in [-0.2, 0) is 13.0 Å². The van der Waals surface area contributed by atoms with Crippen molar-refractivity contribution in [2.45, 2.75) is 37.8 Å². The fraction of sp³-hybridized carbons (Fsp3) is 0.368. The summed E-state index contributed by atoms with van der Waals surface area (Å²) in [6, 6.07) is 12.0. The van der Waals surface area contributed by atoms with Gasteiger partial charge in [0.2, 0.25) is 0 Å². The smallest absolute Gasteiger partial charge is 0.182 e. The van der Waals surface area contributed by atoms with Crippen LogP contribution in [0.2, 0.25) is 0 Å². The molecular weight excluding hydrogens is 352 g/mol. The van der Waals surface area contributed by atoms with Crippen molar-refractivity contribution in [1.82, 2.24) is 9.88 Å². The lowest BCUT2D eigenvalue weighted by molar-refractivity contribution is 0.0713. The third kappa shape index (κ3) is 3.38. The van der Waals surface area contributed by atoms with E-state index in [1.807, 2.05) is 24.3 Å². The Morgan fingerprint density at radius 1 is 1.26 bits per heavy atom. The number of benzene rings is 1. The van der Waals surface area contributed by atoms with Crippen molar-refractivity contribution in [3.05, 3.63) is 65.5 Å². The van der Waals surface area contributed by atoms with E-state index in [1.54, 1.807) is 12.4 Å². The van der Waals surface area contributed by atoms with E-state index in [0.717, 1.165) is 24.1 Å². The average molecular weight is 373 g/mol. The maximum atomic E-state index is 13.1. The fourth-order valence-electron chi connectivity index (χ4n) is 3.11. The van der Waals surface area contributed by atoms with Crippen molar-refractivity contribution >= 4 is 21.7 Å². The Kier molecular flexibility index (Phi) is 4.93. The number of pyridine rings is 1. The predicted octanol–water partition coefficient (Wildman–Crippen LogP) is 4.07. The summed E-state index contributed by atoms with van der Waals surface area (Å²) >= 11 is 3.79. The lowest BCUT2D eigenvalue weighted by Gasteiger charge is -2.40. The van der Waals surface area contributed by atoms with Crippen molar-refractivity contribution in [2.24, 2.45) is 5.92 Å². The number of nitrogens with zero attached hydrogens (tertiary/aromatic N) is 2. The molecular formula is C19H21BrN2O. The number of ketones is 1. The van der Waals surface area contributed by atoms with E-state index in [2.05, 4.69) is 51.8 Å². The molecule has 1 aromatic carbocycles. The Morgan fingerprint density at radius 3 is 2.70 bits per heavy atom. The second-order valence-corrected chi connectivity index (χ2v) is 7.33. The SMILES string of the molecule is CC(C)C(Br)N1Cc2ccncc2C(=O)C1Cc1ccccc1. The summed E-state index contributed by atoms with van der Waals surface area (Å²) in [5.74, 6) is 0.595. The summed E-state index contributed by atoms with van der Waals surface area (Å²) < 4.78 is 0. The number of hydrogen-bond donors (Lipinski definition) is 0. The first-order valence-electron chi connectivity index (χ1n) is 7.98. The topological polar surface area (TPSA) is 33.2 Å². The minimum absolute atomic E-state index is 0.152.